The normalized spacial score (nSPS) is 9.77. The van der Waals surface area contributed by atoms with E-state index in [-0.39, 0.29) is 5.97 Å². The number of benzene rings is 1. The monoisotopic (exact) mass is 354 g/mol. The van der Waals surface area contributed by atoms with E-state index in [0.29, 0.717) is 12.2 Å². The van der Waals surface area contributed by atoms with Crippen LogP contribution >= 0.6 is 38.5 Å². The van der Waals surface area contributed by atoms with Gasteiger partial charge in [0.05, 0.1) is 12.2 Å². The molecule has 0 aliphatic heterocycles. The molecule has 0 amide bonds. The largest absolute Gasteiger partial charge is 0.462 e. The van der Waals surface area contributed by atoms with Gasteiger partial charge in [0.15, 0.2) is 0 Å². The number of hydrogen-bond acceptors (Lipinski definition) is 2. The minimum atomic E-state index is -0.284. The molecule has 0 spiro atoms. The van der Waals surface area contributed by atoms with Crippen molar-refractivity contribution < 1.29 is 9.53 Å². The van der Waals surface area contributed by atoms with Gasteiger partial charge in [-0.25, -0.2) is 4.79 Å². The molecule has 0 unspecified atom stereocenters. The first-order valence-electron chi connectivity index (χ1n) is 3.77. The van der Waals surface area contributed by atoms with E-state index in [1.54, 1.807) is 13.0 Å². The molecule has 1 rings (SSSR count). The highest BCUT2D eigenvalue weighted by Crippen LogP contribution is 2.20. The van der Waals surface area contributed by atoms with Crippen LogP contribution in [0.4, 0.5) is 0 Å². The van der Waals surface area contributed by atoms with Crippen molar-refractivity contribution in [1.82, 2.24) is 0 Å². The van der Waals surface area contributed by atoms with E-state index in [9.17, 15) is 4.79 Å². The van der Waals surface area contributed by atoms with Gasteiger partial charge in [-0.2, -0.15) is 0 Å². The molecule has 1 aromatic rings. The van der Waals surface area contributed by atoms with E-state index in [0.717, 1.165) is 8.04 Å². The topological polar surface area (TPSA) is 26.3 Å². The zero-order valence-electron chi connectivity index (χ0n) is 7.01. The number of carbonyl (C=O) groups is 1. The second-order valence-corrected chi connectivity index (χ2v) is 4.44. The summed E-state index contributed by atoms with van der Waals surface area (Å²) >= 11 is 5.45. The Labute approximate surface area is 98.9 Å². The maximum atomic E-state index is 11.4. The average molecular weight is 355 g/mol. The van der Waals surface area contributed by atoms with E-state index < -0.39 is 0 Å². The van der Waals surface area contributed by atoms with Crippen LogP contribution in [0, 0.1) is 3.57 Å². The summed E-state index contributed by atoms with van der Waals surface area (Å²) in [6.45, 7) is 2.19. The van der Waals surface area contributed by atoms with Crippen molar-refractivity contribution in [3.05, 3.63) is 31.8 Å². The maximum Gasteiger partial charge on any atom is 0.339 e. The van der Waals surface area contributed by atoms with Gasteiger partial charge in [0, 0.05) is 8.04 Å². The van der Waals surface area contributed by atoms with E-state index in [1.807, 2.05) is 12.1 Å². The van der Waals surface area contributed by atoms with Gasteiger partial charge < -0.3 is 4.74 Å². The molecular weight excluding hydrogens is 347 g/mol. The summed E-state index contributed by atoms with van der Waals surface area (Å²) in [4.78, 5) is 11.4. The molecule has 0 aromatic heterocycles. The SMILES string of the molecule is CCOC(=O)c1cc(I)ccc1Br. The van der Waals surface area contributed by atoms with Crippen LogP contribution in [0.15, 0.2) is 22.7 Å². The smallest absolute Gasteiger partial charge is 0.339 e. The molecule has 13 heavy (non-hydrogen) atoms. The molecule has 4 heteroatoms. The van der Waals surface area contributed by atoms with E-state index in [1.165, 1.54) is 0 Å². The molecule has 0 heterocycles. The Morgan fingerprint density at radius 2 is 2.31 bits per heavy atom. The standard InChI is InChI=1S/C9H8BrIO2/c1-2-13-9(12)7-5-6(11)3-4-8(7)10/h3-5H,2H2,1H3. The van der Waals surface area contributed by atoms with Crippen LogP contribution in [-0.4, -0.2) is 12.6 Å². The summed E-state index contributed by atoms with van der Waals surface area (Å²) in [6.07, 6.45) is 0. The fourth-order valence-corrected chi connectivity index (χ4v) is 1.76. The van der Waals surface area contributed by atoms with Crippen molar-refractivity contribution in [2.24, 2.45) is 0 Å². The van der Waals surface area contributed by atoms with Gasteiger partial charge in [0.2, 0.25) is 0 Å². The third kappa shape index (κ3) is 2.95. The summed E-state index contributed by atoms with van der Waals surface area (Å²) in [7, 11) is 0. The third-order valence-corrected chi connectivity index (χ3v) is 2.79. The zero-order valence-corrected chi connectivity index (χ0v) is 10.8. The van der Waals surface area contributed by atoms with Crippen LogP contribution in [0.2, 0.25) is 0 Å². The van der Waals surface area contributed by atoms with Crippen molar-refractivity contribution in [2.75, 3.05) is 6.61 Å². The number of carbonyl (C=O) groups excluding carboxylic acids is 1. The molecule has 0 bridgehead atoms. The number of hydrogen-bond donors (Lipinski definition) is 0. The van der Waals surface area contributed by atoms with Crippen LogP contribution in [0.3, 0.4) is 0 Å². The van der Waals surface area contributed by atoms with E-state index >= 15 is 0 Å². The lowest BCUT2D eigenvalue weighted by atomic mass is 10.2. The van der Waals surface area contributed by atoms with Gasteiger partial charge in [-0.1, -0.05) is 0 Å². The van der Waals surface area contributed by atoms with Gasteiger partial charge in [-0.3, -0.25) is 0 Å². The summed E-state index contributed by atoms with van der Waals surface area (Å²) in [5.74, 6) is -0.284. The van der Waals surface area contributed by atoms with E-state index in [4.69, 9.17) is 4.74 Å². The minimum absolute atomic E-state index is 0.284. The Balaban J connectivity index is 2.99. The highest BCUT2D eigenvalue weighted by Gasteiger charge is 2.10. The molecule has 0 aliphatic carbocycles. The fraction of sp³-hybridized carbons (Fsp3) is 0.222. The first-order chi connectivity index (χ1) is 6.15. The van der Waals surface area contributed by atoms with Gasteiger partial charge in [0.25, 0.3) is 0 Å². The van der Waals surface area contributed by atoms with Crippen LogP contribution in [0.25, 0.3) is 0 Å². The van der Waals surface area contributed by atoms with Gasteiger partial charge in [-0.05, 0) is 63.6 Å². The first kappa shape index (κ1) is 11.0. The second-order valence-electron chi connectivity index (χ2n) is 2.34. The quantitative estimate of drug-likeness (QED) is 0.602. The predicted octanol–water partition coefficient (Wildman–Crippen LogP) is 3.23. The molecule has 2 nitrogen and oxygen atoms in total. The molecule has 1 aromatic carbocycles. The molecule has 70 valence electrons. The van der Waals surface area contributed by atoms with E-state index in [2.05, 4.69) is 38.5 Å². The lowest BCUT2D eigenvalue weighted by Gasteiger charge is -2.04. The van der Waals surface area contributed by atoms with Crippen molar-refractivity contribution in [3.63, 3.8) is 0 Å². The van der Waals surface area contributed by atoms with Crippen LogP contribution < -0.4 is 0 Å². The Bertz CT molecular complexity index is 325. The summed E-state index contributed by atoms with van der Waals surface area (Å²) in [6, 6.07) is 5.56. The maximum absolute atomic E-state index is 11.4. The third-order valence-electron chi connectivity index (χ3n) is 1.42. The van der Waals surface area contributed by atoms with Gasteiger partial charge >= 0.3 is 5.97 Å². The van der Waals surface area contributed by atoms with Crippen molar-refractivity contribution >= 4 is 44.5 Å². The lowest BCUT2D eigenvalue weighted by molar-refractivity contribution is 0.0525. The highest BCUT2D eigenvalue weighted by molar-refractivity contribution is 14.1. The first-order valence-corrected chi connectivity index (χ1v) is 5.64. The van der Waals surface area contributed by atoms with Crippen LogP contribution in [-0.2, 0) is 4.74 Å². The zero-order chi connectivity index (χ0) is 9.84. The molecular formula is C9H8BrIO2. The van der Waals surface area contributed by atoms with Crippen LogP contribution in [0.1, 0.15) is 17.3 Å². The summed E-state index contributed by atoms with van der Waals surface area (Å²) < 4.78 is 6.68. The molecule has 0 saturated carbocycles. The number of rotatable bonds is 2. The van der Waals surface area contributed by atoms with Crippen molar-refractivity contribution in [3.8, 4) is 0 Å². The fourth-order valence-electron chi connectivity index (χ4n) is 0.863. The van der Waals surface area contributed by atoms with Crippen molar-refractivity contribution in [2.45, 2.75) is 6.92 Å². The number of ether oxygens (including phenoxy) is 1. The Morgan fingerprint density at radius 1 is 1.62 bits per heavy atom. The molecule has 0 radical (unpaired) electrons. The Morgan fingerprint density at radius 3 is 2.92 bits per heavy atom. The molecule has 0 fully saturated rings. The Kier molecular flexibility index (Phi) is 4.18. The number of esters is 1. The number of halogens is 2. The van der Waals surface area contributed by atoms with Crippen molar-refractivity contribution in [1.29, 1.82) is 0 Å². The van der Waals surface area contributed by atoms with Gasteiger partial charge in [0.1, 0.15) is 0 Å². The molecule has 0 N–H and O–H groups in total. The summed E-state index contributed by atoms with van der Waals surface area (Å²) in [5, 5.41) is 0. The van der Waals surface area contributed by atoms with Crippen LogP contribution in [0.5, 0.6) is 0 Å². The summed E-state index contributed by atoms with van der Waals surface area (Å²) in [5.41, 5.74) is 0.578. The predicted molar refractivity (Wildman–Crippen MR) is 62.8 cm³/mol. The second kappa shape index (κ2) is 4.95. The van der Waals surface area contributed by atoms with Gasteiger partial charge in [-0.15, -0.1) is 0 Å². The highest BCUT2D eigenvalue weighted by atomic mass is 127. The lowest BCUT2D eigenvalue weighted by Crippen LogP contribution is -2.05. The average Bonchev–Trinajstić information content (AvgIpc) is 2.09. The minimum Gasteiger partial charge on any atom is -0.462 e. The Hall–Kier alpha value is -0.100. The molecule has 0 saturated heterocycles. The molecule has 0 aliphatic rings. The molecule has 0 atom stereocenters.